The van der Waals surface area contributed by atoms with Crippen molar-refractivity contribution in [3.05, 3.63) is 0 Å². The minimum atomic E-state index is -5.07. The third-order valence-corrected chi connectivity index (χ3v) is 4.48. The average molecular weight is 378 g/mol. The molecule has 7 heteroatoms. The van der Waals surface area contributed by atoms with Crippen LogP contribution < -0.4 is 9.79 Å². The van der Waals surface area contributed by atoms with Crippen LogP contribution in [0, 0.1) is 0 Å². The van der Waals surface area contributed by atoms with E-state index >= 15 is 0 Å². The quantitative estimate of drug-likeness (QED) is 0.252. The maximum atomic E-state index is 11.2. The van der Waals surface area contributed by atoms with Crippen LogP contribution in [0.5, 0.6) is 0 Å². The molecule has 0 aromatic carbocycles. The van der Waals surface area contributed by atoms with E-state index < -0.39 is 20.2 Å². The Labute approximate surface area is 152 Å². The molecular weight excluding hydrogens is 343 g/mol. The number of phosphoric ester groups is 1. The van der Waals surface area contributed by atoms with Crippen LogP contribution in [0.1, 0.15) is 90.4 Å². The molecule has 0 bridgehead atoms. The first-order chi connectivity index (χ1) is 12.0. The maximum absolute atomic E-state index is 11.2. The Morgan fingerprint density at radius 1 is 0.760 bits per heavy atom. The van der Waals surface area contributed by atoms with Gasteiger partial charge in [-0.2, -0.15) is 0 Å². The Hall–Kier alpha value is -0.260. The summed E-state index contributed by atoms with van der Waals surface area (Å²) in [6.07, 6.45) is 16.5. The van der Waals surface area contributed by atoms with E-state index in [0.29, 0.717) is 6.61 Å². The number of carbonyl (C=O) groups excluding carboxylic acids is 1. The van der Waals surface area contributed by atoms with Gasteiger partial charge in [-0.3, -0.25) is 4.79 Å². The molecule has 0 aromatic rings. The van der Waals surface area contributed by atoms with Crippen molar-refractivity contribution in [2.24, 2.45) is 0 Å². The van der Waals surface area contributed by atoms with Gasteiger partial charge in [-0.25, -0.2) is 0 Å². The molecule has 0 N–H and O–H groups in total. The Bertz CT molecular complexity index is 355. The predicted octanol–water partition coefficient (Wildman–Crippen LogP) is 3.51. The van der Waals surface area contributed by atoms with E-state index in [4.69, 9.17) is 4.74 Å². The molecule has 0 aliphatic heterocycles. The van der Waals surface area contributed by atoms with Crippen molar-refractivity contribution in [3.63, 3.8) is 0 Å². The molecule has 25 heavy (non-hydrogen) atoms. The number of phosphoric acid groups is 1. The van der Waals surface area contributed by atoms with Crippen molar-refractivity contribution < 1.29 is 28.4 Å². The van der Waals surface area contributed by atoms with Crippen LogP contribution in [0.15, 0.2) is 0 Å². The number of ether oxygens (including phenoxy) is 1. The van der Waals surface area contributed by atoms with Gasteiger partial charge in [0.1, 0.15) is 13.2 Å². The summed E-state index contributed by atoms with van der Waals surface area (Å²) in [6, 6.07) is 0. The summed E-state index contributed by atoms with van der Waals surface area (Å²) in [7, 11) is -5.07. The van der Waals surface area contributed by atoms with Crippen molar-refractivity contribution in [1.82, 2.24) is 0 Å². The van der Waals surface area contributed by atoms with Gasteiger partial charge in [0.25, 0.3) is 0 Å². The highest BCUT2D eigenvalue weighted by Gasteiger charge is 2.03. The molecule has 0 rings (SSSR count). The molecule has 0 aliphatic rings. The van der Waals surface area contributed by atoms with Crippen molar-refractivity contribution in [3.8, 4) is 0 Å². The van der Waals surface area contributed by atoms with Gasteiger partial charge in [-0.1, -0.05) is 84.0 Å². The normalized spacial score (nSPS) is 11.8. The van der Waals surface area contributed by atoms with Crippen molar-refractivity contribution in [2.75, 3.05) is 19.8 Å². The summed E-state index contributed by atoms with van der Waals surface area (Å²) in [5, 5.41) is 0. The molecule has 0 amide bonds. The van der Waals surface area contributed by atoms with Crippen molar-refractivity contribution in [1.29, 1.82) is 0 Å². The summed E-state index contributed by atoms with van der Waals surface area (Å²) in [6.45, 7) is 1.77. The SMILES string of the molecule is CCCCCCCCCCCCCCCOCC(=O)COP(=O)([O-])[O-]. The van der Waals surface area contributed by atoms with Gasteiger partial charge in [-0.05, 0) is 6.42 Å². The lowest BCUT2D eigenvalue weighted by molar-refractivity contribution is -0.341. The summed E-state index contributed by atoms with van der Waals surface area (Å²) < 4.78 is 19.2. The zero-order valence-corrected chi connectivity index (χ0v) is 16.6. The smallest absolute Gasteiger partial charge is 0.184 e. The van der Waals surface area contributed by atoms with Gasteiger partial charge < -0.3 is 23.6 Å². The van der Waals surface area contributed by atoms with E-state index in [-0.39, 0.29) is 6.61 Å². The Morgan fingerprint density at radius 2 is 1.20 bits per heavy atom. The second-order valence-electron chi connectivity index (χ2n) is 6.55. The van der Waals surface area contributed by atoms with Crippen LogP contribution in [-0.4, -0.2) is 25.6 Å². The largest absolute Gasteiger partial charge is 0.790 e. The lowest BCUT2D eigenvalue weighted by Crippen LogP contribution is -2.22. The fourth-order valence-corrected chi connectivity index (χ4v) is 2.90. The molecular formula is C18H35O6P-2. The molecule has 0 fully saturated rings. The lowest BCUT2D eigenvalue weighted by atomic mass is 10.0. The summed E-state index contributed by atoms with van der Waals surface area (Å²) in [5.41, 5.74) is 0. The summed E-state index contributed by atoms with van der Waals surface area (Å²) >= 11 is 0. The van der Waals surface area contributed by atoms with Crippen LogP contribution in [0.25, 0.3) is 0 Å². The minimum Gasteiger partial charge on any atom is -0.790 e. The van der Waals surface area contributed by atoms with E-state index in [0.717, 1.165) is 12.8 Å². The van der Waals surface area contributed by atoms with Gasteiger partial charge in [0, 0.05) is 6.61 Å². The van der Waals surface area contributed by atoms with E-state index in [1.54, 1.807) is 0 Å². The van der Waals surface area contributed by atoms with Crippen molar-refractivity contribution >= 4 is 13.6 Å². The summed E-state index contributed by atoms with van der Waals surface area (Å²) in [5.74, 6) is -0.540. The standard InChI is InChI=1S/C18H37O6P/c1-2-3-4-5-6-7-8-9-10-11-12-13-14-15-23-16-18(19)17-24-25(20,21)22/h2-17H2,1H3,(H2,20,21,22)/p-2. The maximum Gasteiger partial charge on any atom is 0.184 e. The van der Waals surface area contributed by atoms with E-state index in [1.807, 2.05) is 0 Å². The molecule has 6 nitrogen and oxygen atoms in total. The lowest BCUT2D eigenvalue weighted by Gasteiger charge is -2.27. The Balaban J connectivity index is 3.16. The number of Topliss-reactive ketones (excluding diaryl/α,β-unsaturated/α-hetero) is 1. The van der Waals surface area contributed by atoms with E-state index in [2.05, 4.69) is 11.4 Å². The zero-order chi connectivity index (χ0) is 18.8. The second-order valence-corrected chi connectivity index (χ2v) is 7.71. The molecule has 0 radical (unpaired) electrons. The summed E-state index contributed by atoms with van der Waals surface area (Å²) in [4.78, 5) is 31.6. The first kappa shape index (κ1) is 24.7. The third kappa shape index (κ3) is 21.7. The Morgan fingerprint density at radius 3 is 1.64 bits per heavy atom. The first-order valence-electron chi connectivity index (χ1n) is 9.71. The topological polar surface area (TPSA) is 98.7 Å². The molecule has 0 saturated carbocycles. The van der Waals surface area contributed by atoms with Crippen LogP contribution >= 0.6 is 7.82 Å². The first-order valence-corrected chi connectivity index (χ1v) is 11.2. The van der Waals surface area contributed by atoms with Gasteiger partial charge in [0.15, 0.2) is 5.78 Å². The molecule has 0 saturated heterocycles. The number of hydrogen-bond donors (Lipinski definition) is 0. The van der Waals surface area contributed by atoms with E-state index in [1.165, 1.54) is 70.6 Å². The Kier molecular flexibility index (Phi) is 17.0. The monoisotopic (exact) mass is 378 g/mol. The zero-order valence-electron chi connectivity index (χ0n) is 15.7. The van der Waals surface area contributed by atoms with Gasteiger partial charge in [0.05, 0.1) is 7.82 Å². The molecule has 0 spiro atoms. The van der Waals surface area contributed by atoms with Gasteiger partial charge in [-0.15, -0.1) is 0 Å². The number of rotatable bonds is 19. The number of unbranched alkanes of at least 4 members (excludes halogenated alkanes) is 12. The fraction of sp³-hybridized carbons (Fsp3) is 0.944. The average Bonchev–Trinajstić information content (AvgIpc) is 2.56. The minimum absolute atomic E-state index is 0.210. The second kappa shape index (κ2) is 17.2. The number of ketones is 1. The number of carbonyl (C=O) groups is 1. The van der Waals surface area contributed by atoms with Crippen LogP contribution in [-0.2, 0) is 18.6 Å². The predicted molar refractivity (Wildman–Crippen MR) is 95.1 cm³/mol. The third-order valence-electron chi connectivity index (χ3n) is 4.04. The van der Waals surface area contributed by atoms with Crippen LogP contribution in [0.4, 0.5) is 0 Å². The van der Waals surface area contributed by atoms with Crippen LogP contribution in [0.3, 0.4) is 0 Å². The molecule has 150 valence electrons. The highest BCUT2D eigenvalue weighted by atomic mass is 31.2. The molecule has 0 aliphatic carbocycles. The molecule has 0 heterocycles. The van der Waals surface area contributed by atoms with E-state index in [9.17, 15) is 19.1 Å². The highest BCUT2D eigenvalue weighted by Crippen LogP contribution is 2.23. The number of hydrogen-bond acceptors (Lipinski definition) is 6. The fourth-order valence-electron chi connectivity index (χ4n) is 2.60. The van der Waals surface area contributed by atoms with Gasteiger partial charge >= 0.3 is 0 Å². The molecule has 0 unspecified atom stereocenters. The highest BCUT2D eigenvalue weighted by molar-refractivity contribution is 7.43. The van der Waals surface area contributed by atoms with Crippen molar-refractivity contribution in [2.45, 2.75) is 90.4 Å². The molecule has 0 atom stereocenters. The molecule has 0 aromatic heterocycles. The van der Waals surface area contributed by atoms with Gasteiger partial charge in [0.2, 0.25) is 0 Å². The van der Waals surface area contributed by atoms with Crippen LogP contribution in [0.2, 0.25) is 0 Å².